The van der Waals surface area contributed by atoms with Crippen LogP contribution in [0.3, 0.4) is 0 Å². The van der Waals surface area contributed by atoms with Crippen molar-refractivity contribution in [1.29, 1.82) is 0 Å². The Hall–Kier alpha value is -0.660. The quantitative estimate of drug-likeness (QED) is 0.148. The Labute approximate surface area is 197 Å². The minimum absolute atomic E-state index is 0.644. The molecule has 0 aliphatic carbocycles. The van der Waals surface area contributed by atoms with Crippen molar-refractivity contribution in [3.8, 4) is 0 Å². The molecule has 0 spiro atoms. The third-order valence-corrected chi connectivity index (χ3v) is 7.07. The van der Waals surface area contributed by atoms with Gasteiger partial charge in [-0.2, -0.15) is 0 Å². The number of rotatable bonds is 23. The lowest BCUT2D eigenvalue weighted by Gasteiger charge is -2.33. The van der Waals surface area contributed by atoms with Crippen LogP contribution in [0.15, 0.2) is 12.4 Å². The van der Waals surface area contributed by atoms with Crippen molar-refractivity contribution in [2.24, 2.45) is 0 Å². The summed E-state index contributed by atoms with van der Waals surface area (Å²) in [6.07, 6.45) is 35.1. The third kappa shape index (κ3) is 14.9. The first-order valence-electron chi connectivity index (χ1n) is 14.5. The van der Waals surface area contributed by atoms with Crippen molar-refractivity contribution < 1.29 is 0 Å². The fraction of sp³-hybridized carbons (Fsp3) is 0.931. The van der Waals surface area contributed by atoms with E-state index in [1.54, 1.807) is 0 Å². The molecule has 0 N–H and O–H groups in total. The molecule has 1 heterocycles. The normalized spacial score (nSPS) is 16.0. The second-order valence-electron chi connectivity index (χ2n) is 10.1. The molecule has 1 aliphatic heterocycles. The van der Waals surface area contributed by atoms with Crippen LogP contribution in [0.1, 0.15) is 156 Å². The molecule has 0 aromatic rings. The molecule has 0 bridgehead atoms. The van der Waals surface area contributed by atoms with E-state index in [0.717, 1.165) is 0 Å². The van der Waals surface area contributed by atoms with E-state index in [9.17, 15) is 0 Å². The maximum atomic E-state index is 2.65. The molecule has 0 amide bonds. The maximum Gasteiger partial charge on any atom is 0.101 e. The molecule has 1 rings (SSSR count). The average Bonchev–Trinajstić information content (AvgIpc) is 3.16. The van der Waals surface area contributed by atoms with Crippen LogP contribution in [0.4, 0.5) is 0 Å². The largest absolute Gasteiger partial charge is 0.356 e. The molecule has 0 fully saturated rings. The highest BCUT2D eigenvalue weighted by atomic mass is 15.4. The van der Waals surface area contributed by atoms with Crippen LogP contribution in [-0.2, 0) is 0 Å². The number of hydrogen-bond acceptors (Lipinski definition) is 2. The van der Waals surface area contributed by atoms with Gasteiger partial charge in [0.25, 0.3) is 0 Å². The zero-order chi connectivity index (χ0) is 22.4. The summed E-state index contributed by atoms with van der Waals surface area (Å²) in [7, 11) is 0. The lowest BCUT2D eigenvalue weighted by atomic mass is 10.0. The second-order valence-corrected chi connectivity index (χ2v) is 10.1. The minimum Gasteiger partial charge on any atom is -0.356 e. The molecule has 1 aliphatic rings. The number of unbranched alkanes of at least 4 members (excludes halogenated alkanes) is 17. The molecule has 0 saturated carbocycles. The van der Waals surface area contributed by atoms with Crippen LogP contribution in [-0.4, -0.2) is 29.1 Å². The van der Waals surface area contributed by atoms with Crippen molar-refractivity contribution in [3.63, 3.8) is 0 Å². The van der Waals surface area contributed by atoms with Gasteiger partial charge in [-0.3, -0.25) is 0 Å². The van der Waals surface area contributed by atoms with Gasteiger partial charge in [0.05, 0.1) is 0 Å². The van der Waals surface area contributed by atoms with Crippen molar-refractivity contribution in [2.75, 3.05) is 13.1 Å². The van der Waals surface area contributed by atoms with E-state index < -0.39 is 0 Å². The number of hydrogen-bond donors (Lipinski definition) is 0. The van der Waals surface area contributed by atoms with Crippen LogP contribution in [0, 0.1) is 0 Å². The van der Waals surface area contributed by atoms with Crippen LogP contribution in [0.25, 0.3) is 0 Å². The molecule has 2 nitrogen and oxygen atoms in total. The van der Waals surface area contributed by atoms with Gasteiger partial charge in [-0.25, -0.2) is 0 Å². The molecular weight excluding hydrogens is 376 g/mol. The fourth-order valence-corrected chi connectivity index (χ4v) is 4.92. The summed E-state index contributed by atoms with van der Waals surface area (Å²) >= 11 is 0. The highest BCUT2D eigenvalue weighted by Crippen LogP contribution is 2.23. The van der Waals surface area contributed by atoms with E-state index in [4.69, 9.17) is 0 Å². The van der Waals surface area contributed by atoms with Gasteiger partial charge in [0.1, 0.15) is 6.17 Å². The summed E-state index contributed by atoms with van der Waals surface area (Å²) in [5.41, 5.74) is 0. The topological polar surface area (TPSA) is 6.48 Å². The summed E-state index contributed by atoms with van der Waals surface area (Å²) in [4.78, 5) is 5.29. The summed E-state index contributed by atoms with van der Waals surface area (Å²) in [5, 5.41) is 0. The lowest BCUT2D eigenvalue weighted by Crippen LogP contribution is -2.39. The molecule has 0 aromatic carbocycles. The molecule has 0 aromatic heterocycles. The molecule has 0 radical (unpaired) electrons. The highest BCUT2D eigenvalue weighted by Gasteiger charge is 2.24. The Morgan fingerprint density at radius 3 is 1.23 bits per heavy atom. The fourth-order valence-electron chi connectivity index (χ4n) is 4.92. The van der Waals surface area contributed by atoms with Crippen LogP contribution < -0.4 is 0 Å². The molecule has 31 heavy (non-hydrogen) atoms. The van der Waals surface area contributed by atoms with Crippen LogP contribution in [0.5, 0.6) is 0 Å². The second kappa shape index (κ2) is 21.2. The molecule has 2 heteroatoms. The summed E-state index contributed by atoms with van der Waals surface area (Å²) in [5.74, 6) is 0. The van der Waals surface area contributed by atoms with Gasteiger partial charge in [0.15, 0.2) is 0 Å². The minimum atomic E-state index is 0.644. The Kier molecular flexibility index (Phi) is 19.4. The Morgan fingerprint density at radius 1 is 0.419 bits per heavy atom. The van der Waals surface area contributed by atoms with Gasteiger partial charge in [-0.05, 0) is 25.7 Å². The molecular formula is C29H58N2. The van der Waals surface area contributed by atoms with Crippen molar-refractivity contribution in [2.45, 2.75) is 162 Å². The van der Waals surface area contributed by atoms with Crippen molar-refractivity contribution in [3.05, 3.63) is 12.4 Å². The van der Waals surface area contributed by atoms with Gasteiger partial charge in [0.2, 0.25) is 0 Å². The van der Waals surface area contributed by atoms with Gasteiger partial charge < -0.3 is 9.80 Å². The van der Waals surface area contributed by atoms with Gasteiger partial charge in [-0.1, -0.05) is 130 Å². The van der Waals surface area contributed by atoms with Crippen molar-refractivity contribution in [1.82, 2.24) is 9.80 Å². The highest BCUT2D eigenvalue weighted by molar-refractivity contribution is 4.96. The molecule has 184 valence electrons. The zero-order valence-corrected chi connectivity index (χ0v) is 21.9. The van der Waals surface area contributed by atoms with Crippen molar-refractivity contribution >= 4 is 0 Å². The standard InChI is InChI=1S/C29H58N2/c1-4-7-10-12-13-14-15-16-17-18-19-20-22-24-29-30(25-9-6-3)27-28-31(29)26-23-21-11-8-5-2/h27-29H,4-26H2,1-3H3. The molecule has 1 atom stereocenters. The third-order valence-electron chi connectivity index (χ3n) is 7.07. The molecule has 0 saturated heterocycles. The van der Waals surface area contributed by atoms with E-state index in [1.165, 1.54) is 148 Å². The van der Waals surface area contributed by atoms with Gasteiger partial charge in [-0.15, -0.1) is 0 Å². The van der Waals surface area contributed by atoms with E-state index in [0.29, 0.717) is 6.17 Å². The Morgan fingerprint density at radius 2 is 0.774 bits per heavy atom. The van der Waals surface area contributed by atoms with Crippen LogP contribution in [0.2, 0.25) is 0 Å². The maximum absolute atomic E-state index is 2.65. The van der Waals surface area contributed by atoms with Crippen LogP contribution >= 0.6 is 0 Å². The summed E-state index contributed by atoms with van der Waals surface area (Å²) in [6, 6.07) is 0. The predicted octanol–water partition coefficient (Wildman–Crippen LogP) is 9.65. The first-order chi connectivity index (χ1) is 15.3. The van der Waals surface area contributed by atoms with E-state index in [2.05, 4.69) is 43.0 Å². The monoisotopic (exact) mass is 434 g/mol. The van der Waals surface area contributed by atoms with E-state index in [1.807, 2.05) is 0 Å². The first-order valence-corrected chi connectivity index (χ1v) is 14.5. The number of nitrogens with zero attached hydrogens (tertiary/aromatic N) is 2. The van der Waals surface area contributed by atoms with E-state index >= 15 is 0 Å². The van der Waals surface area contributed by atoms with Gasteiger partial charge in [0, 0.05) is 25.5 Å². The first kappa shape index (κ1) is 28.4. The van der Waals surface area contributed by atoms with E-state index in [-0.39, 0.29) is 0 Å². The average molecular weight is 435 g/mol. The zero-order valence-electron chi connectivity index (χ0n) is 21.9. The molecule has 1 unspecified atom stereocenters. The SMILES string of the molecule is CCCCCCCCCCCCCCCC1N(CCCC)C=CN1CCCCCCC. The Balaban J connectivity index is 2.09. The van der Waals surface area contributed by atoms with Gasteiger partial charge >= 0.3 is 0 Å². The Bertz CT molecular complexity index is 392. The summed E-state index contributed by atoms with van der Waals surface area (Å²) < 4.78 is 0. The predicted molar refractivity (Wildman–Crippen MR) is 140 cm³/mol. The summed E-state index contributed by atoms with van der Waals surface area (Å²) in [6.45, 7) is 9.42. The lowest BCUT2D eigenvalue weighted by molar-refractivity contribution is 0.136. The smallest absolute Gasteiger partial charge is 0.101 e.